The molecule has 0 saturated heterocycles. The van der Waals surface area contributed by atoms with E-state index in [1.165, 1.54) is 5.69 Å². The molecular formula is C15H15Cl2N3O2. The van der Waals surface area contributed by atoms with E-state index in [1.54, 1.807) is 18.2 Å². The predicted octanol–water partition coefficient (Wildman–Crippen LogP) is 2.69. The Kier molecular flexibility index (Phi) is 4.66. The van der Waals surface area contributed by atoms with Crippen molar-refractivity contribution in [1.82, 2.24) is 15.1 Å². The number of nitrogens with zero attached hydrogens (tertiary/aromatic N) is 2. The first kappa shape index (κ1) is 15.3. The molecule has 0 spiro atoms. The predicted molar refractivity (Wildman–Crippen MR) is 84.4 cm³/mol. The van der Waals surface area contributed by atoms with Gasteiger partial charge in [0.2, 0.25) is 0 Å². The highest BCUT2D eigenvalue weighted by atomic mass is 35.5. The minimum atomic E-state index is -0.239. The fraction of sp³-hybridized carbons (Fsp3) is 0.333. The van der Waals surface area contributed by atoms with E-state index < -0.39 is 0 Å². The molecule has 0 radical (unpaired) electrons. The third kappa shape index (κ3) is 3.27. The summed E-state index contributed by atoms with van der Waals surface area (Å²) < 4.78 is 7.30. The maximum absolute atomic E-state index is 12.1. The van der Waals surface area contributed by atoms with Gasteiger partial charge in [-0.1, -0.05) is 23.2 Å². The van der Waals surface area contributed by atoms with Crippen LogP contribution < -0.4 is 5.32 Å². The van der Waals surface area contributed by atoms with Crippen molar-refractivity contribution in [2.75, 3.05) is 13.2 Å². The Morgan fingerprint density at radius 2 is 2.27 bits per heavy atom. The molecule has 0 atom stereocenters. The molecule has 1 aromatic carbocycles. The van der Waals surface area contributed by atoms with Crippen molar-refractivity contribution in [3.8, 4) is 0 Å². The van der Waals surface area contributed by atoms with Crippen LogP contribution in [0.5, 0.6) is 0 Å². The van der Waals surface area contributed by atoms with Gasteiger partial charge in [0.05, 0.1) is 36.5 Å². The van der Waals surface area contributed by atoms with Crippen molar-refractivity contribution in [3.63, 3.8) is 0 Å². The summed E-state index contributed by atoms with van der Waals surface area (Å²) in [5.41, 5.74) is 2.68. The molecule has 1 N–H and O–H groups in total. The van der Waals surface area contributed by atoms with Gasteiger partial charge in [0.15, 0.2) is 0 Å². The lowest BCUT2D eigenvalue weighted by molar-refractivity contribution is 0.0950. The SMILES string of the molecule is O=C(NCCn1ncc2c1CCOC2)c1cc(Cl)ccc1Cl. The lowest BCUT2D eigenvalue weighted by atomic mass is 10.2. The summed E-state index contributed by atoms with van der Waals surface area (Å²) in [5, 5.41) is 8.04. The van der Waals surface area contributed by atoms with E-state index in [-0.39, 0.29) is 5.91 Å². The van der Waals surface area contributed by atoms with Crippen LogP contribution in [0.2, 0.25) is 10.0 Å². The first-order valence-electron chi connectivity index (χ1n) is 6.99. The number of halogens is 2. The summed E-state index contributed by atoms with van der Waals surface area (Å²) in [6.45, 7) is 2.40. The van der Waals surface area contributed by atoms with Gasteiger partial charge in [-0.3, -0.25) is 9.48 Å². The quantitative estimate of drug-likeness (QED) is 0.931. The average molecular weight is 340 g/mol. The van der Waals surface area contributed by atoms with Crippen LogP contribution in [0.1, 0.15) is 21.6 Å². The van der Waals surface area contributed by atoms with Crippen LogP contribution in [-0.2, 0) is 24.3 Å². The number of aromatic nitrogens is 2. The molecule has 1 amide bonds. The molecule has 0 bridgehead atoms. The number of benzene rings is 1. The third-order valence-electron chi connectivity index (χ3n) is 3.56. The van der Waals surface area contributed by atoms with E-state index in [1.807, 2.05) is 10.9 Å². The maximum atomic E-state index is 12.1. The normalized spacial score (nSPS) is 13.7. The Bertz CT molecular complexity index is 700. The minimum Gasteiger partial charge on any atom is -0.376 e. The monoisotopic (exact) mass is 339 g/mol. The van der Waals surface area contributed by atoms with Crippen LogP contribution in [0.25, 0.3) is 0 Å². The highest BCUT2D eigenvalue weighted by Crippen LogP contribution is 2.20. The van der Waals surface area contributed by atoms with Crippen LogP contribution in [0, 0.1) is 0 Å². The molecule has 1 aliphatic rings. The topological polar surface area (TPSA) is 56.2 Å². The molecular weight excluding hydrogens is 325 g/mol. The van der Waals surface area contributed by atoms with Gasteiger partial charge in [0.1, 0.15) is 0 Å². The van der Waals surface area contributed by atoms with Crippen molar-refractivity contribution in [1.29, 1.82) is 0 Å². The summed E-state index contributed by atoms with van der Waals surface area (Å²) in [6.07, 6.45) is 2.67. The molecule has 2 heterocycles. The Hall–Kier alpha value is -1.56. The van der Waals surface area contributed by atoms with E-state index in [2.05, 4.69) is 10.4 Å². The summed E-state index contributed by atoms with van der Waals surface area (Å²) in [6, 6.07) is 4.83. The van der Waals surface area contributed by atoms with Gasteiger partial charge < -0.3 is 10.1 Å². The summed E-state index contributed by atoms with van der Waals surface area (Å²) in [4.78, 5) is 12.1. The number of fused-ring (bicyclic) bond motifs is 1. The zero-order valence-corrected chi connectivity index (χ0v) is 13.3. The molecule has 2 aromatic rings. The number of carbonyl (C=O) groups excluding carboxylic acids is 1. The molecule has 7 heteroatoms. The largest absolute Gasteiger partial charge is 0.376 e. The van der Waals surface area contributed by atoms with Gasteiger partial charge in [-0.05, 0) is 18.2 Å². The van der Waals surface area contributed by atoms with Crippen LogP contribution in [-0.4, -0.2) is 28.8 Å². The Morgan fingerprint density at radius 1 is 1.41 bits per heavy atom. The molecule has 0 aliphatic carbocycles. The molecule has 5 nitrogen and oxygen atoms in total. The second-order valence-corrected chi connectivity index (χ2v) is 5.87. The van der Waals surface area contributed by atoms with Gasteiger partial charge in [-0.25, -0.2) is 0 Å². The number of nitrogens with one attached hydrogen (secondary N) is 1. The Balaban J connectivity index is 1.60. The average Bonchev–Trinajstić information content (AvgIpc) is 2.93. The second kappa shape index (κ2) is 6.69. The summed E-state index contributed by atoms with van der Waals surface area (Å²) in [5.74, 6) is -0.239. The summed E-state index contributed by atoms with van der Waals surface area (Å²) in [7, 11) is 0. The smallest absolute Gasteiger partial charge is 0.252 e. The van der Waals surface area contributed by atoms with Crippen molar-refractivity contribution < 1.29 is 9.53 Å². The van der Waals surface area contributed by atoms with E-state index in [0.717, 1.165) is 12.0 Å². The van der Waals surface area contributed by atoms with Gasteiger partial charge in [-0.15, -0.1) is 0 Å². The molecule has 116 valence electrons. The van der Waals surface area contributed by atoms with Crippen molar-refractivity contribution in [2.24, 2.45) is 0 Å². The standard InChI is InChI=1S/C15H15Cl2N3O2/c16-11-1-2-13(17)12(7-11)15(21)18-4-5-20-14-3-6-22-9-10(14)8-19-20/h1-2,7-8H,3-6,9H2,(H,18,21). The first-order chi connectivity index (χ1) is 10.6. The third-order valence-corrected chi connectivity index (χ3v) is 4.12. The van der Waals surface area contributed by atoms with Crippen molar-refractivity contribution in [3.05, 3.63) is 51.3 Å². The van der Waals surface area contributed by atoms with E-state index >= 15 is 0 Å². The number of carbonyl (C=O) groups is 1. The van der Waals surface area contributed by atoms with E-state index in [9.17, 15) is 4.79 Å². The van der Waals surface area contributed by atoms with Gasteiger partial charge in [0, 0.05) is 29.2 Å². The summed E-state index contributed by atoms with van der Waals surface area (Å²) >= 11 is 11.9. The first-order valence-corrected chi connectivity index (χ1v) is 7.75. The number of amides is 1. The molecule has 1 aliphatic heterocycles. The number of hydrogen-bond donors (Lipinski definition) is 1. The van der Waals surface area contributed by atoms with E-state index in [4.69, 9.17) is 27.9 Å². The number of rotatable bonds is 4. The van der Waals surface area contributed by atoms with E-state index in [0.29, 0.717) is 41.9 Å². The second-order valence-electron chi connectivity index (χ2n) is 5.02. The molecule has 0 unspecified atom stereocenters. The highest BCUT2D eigenvalue weighted by molar-refractivity contribution is 6.35. The molecule has 0 fully saturated rings. The van der Waals surface area contributed by atoms with Crippen molar-refractivity contribution in [2.45, 2.75) is 19.6 Å². The molecule has 22 heavy (non-hydrogen) atoms. The van der Waals surface area contributed by atoms with Crippen LogP contribution in [0.4, 0.5) is 0 Å². The van der Waals surface area contributed by atoms with Crippen LogP contribution in [0.15, 0.2) is 24.4 Å². The Labute approximate surface area is 138 Å². The molecule has 3 rings (SSSR count). The lowest BCUT2D eigenvalue weighted by Crippen LogP contribution is -2.28. The fourth-order valence-electron chi connectivity index (χ4n) is 2.45. The van der Waals surface area contributed by atoms with Crippen LogP contribution in [0.3, 0.4) is 0 Å². The fourth-order valence-corrected chi connectivity index (χ4v) is 2.82. The zero-order valence-electron chi connectivity index (χ0n) is 11.8. The van der Waals surface area contributed by atoms with Gasteiger partial charge in [-0.2, -0.15) is 5.10 Å². The van der Waals surface area contributed by atoms with Gasteiger partial charge >= 0.3 is 0 Å². The Morgan fingerprint density at radius 3 is 3.14 bits per heavy atom. The lowest BCUT2D eigenvalue weighted by Gasteiger charge is -2.15. The zero-order chi connectivity index (χ0) is 15.5. The minimum absolute atomic E-state index is 0.239. The number of hydrogen-bond acceptors (Lipinski definition) is 3. The van der Waals surface area contributed by atoms with Crippen molar-refractivity contribution >= 4 is 29.1 Å². The number of ether oxygens (including phenoxy) is 1. The molecule has 1 aromatic heterocycles. The van der Waals surface area contributed by atoms with Gasteiger partial charge in [0.25, 0.3) is 5.91 Å². The highest BCUT2D eigenvalue weighted by Gasteiger charge is 2.15. The van der Waals surface area contributed by atoms with Crippen LogP contribution >= 0.6 is 23.2 Å². The maximum Gasteiger partial charge on any atom is 0.252 e. The molecule has 0 saturated carbocycles.